The highest BCUT2D eigenvalue weighted by Crippen LogP contribution is 2.26. The molecular formula is C9H4F2INO2. The molecule has 78 valence electrons. The van der Waals surface area contributed by atoms with E-state index in [0.717, 1.165) is 12.1 Å². The topological polar surface area (TPSA) is 53.1 Å². The predicted molar refractivity (Wildman–Crippen MR) is 57.9 cm³/mol. The Labute approximate surface area is 96.2 Å². The minimum atomic E-state index is -1.16. The Kier molecular flexibility index (Phi) is 2.37. The Morgan fingerprint density at radius 2 is 1.93 bits per heavy atom. The maximum atomic E-state index is 12.9. The molecule has 1 aromatic heterocycles. The van der Waals surface area contributed by atoms with Gasteiger partial charge in [-0.3, -0.25) is 0 Å². The number of aromatic nitrogens is 1. The summed E-state index contributed by atoms with van der Waals surface area (Å²) in [7, 11) is 0. The molecule has 0 aliphatic heterocycles. The number of halogens is 3. The van der Waals surface area contributed by atoms with Crippen LogP contribution >= 0.6 is 22.6 Å². The number of carboxylic acid groups (broad SMARTS) is 1. The summed E-state index contributed by atoms with van der Waals surface area (Å²) in [6.45, 7) is 0. The molecule has 1 aromatic carbocycles. The summed E-state index contributed by atoms with van der Waals surface area (Å²) in [6, 6.07) is 1.93. The quantitative estimate of drug-likeness (QED) is 0.793. The Hall–Kier alpha value is -1.18. The average Bonchev–Trinajstić information content (AvgIpc) is 2.46. The first-order valence-electron chi connectivity index (χ1n) is 3.90. The monoisotopic (exact) mass is 323 g/mol. The van der Waals surface area contributed by atoms with Crippen molar-refractivity contribution in [1.82, 2.24) is 4.98 Å². The number of fused-ring (bicyclic) bond motifs is 1. The number of H-pyrrole nitrogens is 1. The number of rotatable bonds is 1. The van der Waals surface area contributed by atoms with Crippen molar-refractivity contribution in [1.29, 1.82) is 0 Å². The van der Waals surface area contributed by atoms with Crippen molar-refractivity contribution in [2.75, 3.05) is 0 Å². The van der Waals surface area contributed by atoms with Gasteiger partial charge in [-0.15, -0.1) is 0 Å². The number of aromatic amines is 1. The fourth-order valence-corrected chi connectivity index (χ4v) is 2.12. The lowest BCUT2D eigenvalue weighted by Gasteiger charge is -1.93. The summed E-state index contributed by atoms with van der Waals surface area (Å²) in [6.07, 6.45) is 0. The van der Waals surface area contributed by atoms with Gasteiger partial charge < -0.3 is 10.1 Å². The summed E-state index contributed by atoms with van der Waals surface area (Å²) >= 11 is 1.78. The van der Waals surface area contributed by atoms with Gasteiger partial charge in [0.15, 0.2) is 11.6 Å². The smallest absolute Gasteiger partial charge is 0.353 e. The average molecular weight is 323 g/mol. The molecule has 0 saturated carbocycles. The van der Waals surface area contributed by atoms with Crippen LogP contribution in [0.3, 0.4) is 0 Å². The van der Waals surface area contributed by atoms with Crippen LogP contribution in [-0.4, -0.2) is 16.1 Å². The largest absolute Gasteiger partial charge is 0.477 e. The normalized spacial score (nSPS) is 10.9. The van der Waals surface area contributed by atoms with E-state index < -0.39 is 17.6 Å². The SMILES string of the molecule is O=C(O)c1[nH]c2cc(F)c(F)cc2c1I. The molecule has 0 atom stereocenters. The molecule has 0 fully saturated rings. The fraction of sp³-hybridized carbons (Fsp3) is 0. The van der Waals surface area contributed by atoms with E-state index in [1.807, 2.05) is 0 Å². The van der Waals surface area contributed by atoms with Crippen LogP contribution in [0.15, 0.2) is 12.1 Å². The fourth-order valence-electron chi connectivity index (χ4n) is 1.30. The number of hydrogen-bond acceptors (Lipinski definition) is 1. The summed E-state index contributed by atoms with van der Waals surface area (Å²) in [5, 5.41) is 9.15. The molecule has 15 heavy (non-hydrogen) atoms. The van der Waals surface area contributed by atoms with Crippen LogP contribution in [0, 0.1) is 15.2 Å². The van der Waals surface area contributed by atoms with Crippen molar-refractivity contribution >= 4 is 39.5 Å². The molecule has 0 spiro atoms. The van der Waals surface area contributed by atoms with Crippen LogP contribution < -0.4 is 0 Å². The molecule has 0 bridgehead atoms. The van der Waals surface area contributed by atoms with E-state index in [-0.39, 0.29) is 11.2 Å². The van der Waals surface area contributed by atoms with Gasteiger partial charge in [-0.25, -0.2) is 13.6 Å². The number of aromatic carboxylic acids is 1. The third-order valence-electron chi connectivity index (χ3n) is 1.99. The van der Waals surface area contributed by atoms with Gasteiger partial charge >= 0.3 is 5.97 Å². The molecule has 0 amide bonds. The van der Waals surface area contributed by atoms with Crippen molar-refractivity contribution < 1.29 is 18.7 Å². The van der Waals surface area contributed by atoms with Crippen LogP contribution in [0.25, 0.3) is 10.9 Å². The van der Waals surface area contributed by atoms with E-state index in [1.54, 1.807) is 22.6 Å². The molecule has 0 unspecified atom stereocenters. The first-order chi connectivity index (χ1) is 7.00. The predicted octanol–water partition coefficient (Wildman–Crippen LogP) is 2.75. The molecule has 0 aliphatic carbocycles. The molecule has 2 rings (SSSR count). The summed E-state index contributed by atoms with van der Waals surface area (Å²) in [4.78, 5) is 13.3. The van der Waals surface area contributed by atoms with Gasteiger partial charge in [0, 0.05) is 11.5 Å². The standard InChI is InChI=1S/C9H4F2INO2/c10-4-1-3-6(2-5(4)11)13-8(7(3)12)9(14)15/h1-2,13H,(H,14,15). The molecule has 0 radical (unpaired) electrons. The Morgan fingerprint density at radius 3 is 2.53 bits per heavy atom. The van der Waals surface area contributed by atoms with Gasteiger partial charge in [0.05, 0.1) is 9.09 Å². The van der Waals surface area contributed by atoms with Crippen molar-refractivity contribution in [3.05, 3.63) is 33.0 Å². The Bertz CT molecular complexity index is 565. The molecule has 3 nitrogen and oxygen atoms in total. The lowest BCUT2D eigenvalue weighted by Crippen LogP contribution is -1.97. The Morgan fingerprint density at radius 1 is 1.33 bits per heavy atom. The van der Waals surface area contributed by atoms with Crippen LogP contribution in [0.5, 0.6) is 0 Å². The first kappa shape index (κ1) is 10.3. The number of benzene rings is 1. The van der Waals surface area contributed by atoms with E-state index >= 15 is 0 Å². The lowest BCUT2D eigenvalue weighted by atomic mass is 10.2. The highest BCUT2D eigenvalue weighted by atomic mass is 127. The number of carbonyl (C=O) groups is 1. The third kappa shape index (κ3) is 1.58. The molecule has 6 heteroatoms. The van der Waals surface area contributed by atoms with Gasteiger partial charge in [-0.2, -0.15) is 0 Å². The second-order valence-corrected chi connectivity index (χ2v) is 4.01. The number of nitrogens with one attached hydrogen (secondary N) is 1. The van der Waals surface area contributed by atoms with E-state index in [4.69, 9.17) is 5.11 Å². The van der Waals surface area contributed by atoms with Crippen molar-refractivity contribution in [2.24, 2.45) is 0 Å². The summed E-state index contributed by atoms with van der Waals surface area (Å²) in [5.74, 6) is -3.15. The second kappa shape index (κ2) is 3.44. The van der Waals surface area contributed by atoms with Crippen LogP contribution in [0.2, 0.25) is 0 Å². The highest BCUT2D eigenvalue weighted by Gasteiger charge is 2.16. The van der Waals surface area contributed by atoms with Gasteiger partial charge in [-0.05, 0) is 28.7 Å². The highest BCUT2D eigenvalue weighted by molar-refractivity contribution is 14.1. The molecule has 2 N–H and O–H groups in total. The van der Waals surface area contributed by atoms with Crippen molar-refractivity contribution in [3.63, 3.8) is 0 Å². The van der Waals surface area contributed by atoms with Crippen molar-refractivity contribution in [3.8, 4) is 0 Å². The zero-order valence-electron chi connectivity index (χ0n) is 7.14. The molecular weight excluding hydrogens is 319 g/mol. The molecule has 0 aliphatic rings. The minimum absolute atomic E-state index is 0.0596. The minimum Gasteiger partial charge on any atom is -0.477 e. The van der Waals surface area contributed by atoms with Gasteiger partial charge in [0.2, 0.25) is 0 Å². The zero-order chi connectivity index (χ0) is 11.2. The third-order valence-corrected chi connectivity index (χ3v) is 3.11. The maximum absolute atomic E-state index is 12.9. The lowest BCUT2D eigenvalue weighted by molar-refractivity contribution is 0.0690. The maximum Gasteiger partial charge on any atom is 0.353 e. The zero-order valence-corrected chi connectivity index (χ0v) is 9.30. The van der Waals surface area contributed by atoms with Crippen molar-refractivity contribution in [2.45, 2.75) is 0 Å². The second-order valence-electron chi connectivity index (χ2n) is 2.93. The van der Waals surface area contributed by atoms with Crippen LogP contribution in [0.1, 0.15) is 10.5 Å². The van der Waals surface area contributed by atoms with E-state index in [9.17, 15) is 13.6 Å². The van der Waals surface area contributed by atoms with E-state index in [2.05, 4.69) is 4.98 Å². The number of carboxylic acids is 1. The molecule has 2 aromatic rings. The van der Waals surface area contributed by atoms with Gasteiger partial charge in [0.25, 0.3) is 0 Å². The van der Waals surface area contributed by atoms with Crippen LogP contribution in [0.4, 0.5) is 8.78 Å². The van der Waals surface area contributed by atoms with Crippen LogP contribution in [-0.2, 0) is 0 Å². The molecule has 1 heterocycles. The van der Waals surface area contributed by atoms with E-state index in [1.165, 1.54) is 0 Å². The summed E-state index contributed by atoms with van der Waals surface area (Å²) < 4.78 is 26.1. The summed E-state index contributed by atoms with van der Waals surface area (Å²) in [5.41, 5.74) is 0.214. The molecule has 0 saturated heterocycles. The van der Waals surface area contributed by atoms with E-state index in [0.29, 0.717) is 8.96 Å². The number of hydrogen-bond donors (Lipinski definition) is 2. The Balaban J connectivity index is 2.83. The first-order valence-corrected chi connectivity index (χ1v) is 4.98. The van der Waals surface area contributed by atoms with Gasteiger partial charge in [-0.1, -0.05) is 0 Å². The van der Waals surface area contributed by atoms with Gasteiger partial charge in [0.1, 0.15) is 5.69 Å².